The second-order valence-corrected chi connectivity index (χ2v) is 9.13. The first-order valence-electron chi connectivity index (χ1n) is 6.38. The maximum Gasteiger partial charge on any atom is 0.115 e. The molecule has 0 heterocycles. The number of hydrogen-bond donors (Lipinski definition) is 0. The summed E-state index contributed by atoms with van der Waals surface area (Å²) >= 11 is 0. The molecule has 0 aromatic heterocycles. The fraction of sp³-hybridized carbons (Fsp3) is 0.250. The number of rotatable bonds is 4. The van der Waals surface area contributed by atoms with Crippen LogP contribution in [0, 0.1) is 0 Å². The Balaban J connectivity index is 2.47. The third kappa shape index (κ3) is 2.50. The quantitative estimate of drug-likeness (QED) is 0.719. The van der Waals surface area contributed by atoms with Gasteiger partial charge in [0.05, 0.1) is 0 Å². The minimum atomic E-state index is -1.50. The molecule has 0 radical (unpaired) electrons. The molecule has 0 aliphatic heterocycles. The highest BCUT2D eigenvalue weighted by molar-refractivity contribution is 7.01. The fourth-order valence-corrected chi connectivity index (χ4v) is 6.33. The van der Waals surface area contributed by atoms with Crippen LogP contribution >= 0.6 is 0 Å². The van der Waals surface area contributed by atoms with Crippen LogP contribution < -0.4 is 10.4 Å². The molecule has 0 spiro atoms. The van der Waals surface area contributed by atoms with Gasteiger partial charge in [0.25, 0.3) is 0 Å². The Hall–Kier alpha value is -1.34. The van der Waals surface area contributed by atoms with E-state index < -0.39 is 8.07 Å². The SMILES string of the molecule is CCC[Si](C)(c1ccccc1)c1ccccc1. The standard InChI is InChI=1S/C16H20Si/c1-3-14-17(2,15-10-6-4-7-11-15)16-12-8-5-9-13-16/h4-13H,3,14H2,1-2H3. The van der Waals surface area contributed by atoms with Gasteiger partial charge in [-0.25, -0.2) is 0 Å². The minimum Gasteiger partial charge on any atom is -0.0656 e. The van der Waals surface area contributed by atoms with Crippen molar-refractivity contribution in [3.05, 3.63) is 60.7 Å². The van der Waals surface area contributed by atoms with E-state index in [1.165, 1.54) is 12.5 Å². The molecule has 0 N–H and O–H groups in total. The molecule has 0 atom stereocenters. The summed E-state index contributed by atoms with van der Waals surface area (Å²) in [4.78, 5) is 0. The summed E-state index contributed by atoms with van der Waals surface area (Å²) in [7, 11) is -1.50. The Bertz CT molecular complexity index is 408. The van der Waals surface area contributed by atoms with Gasteiger partial charge in [-0.15, -0.1) is 0 Å². The fourth-order valence-electron chi connectivity index (χ4n) is 2.57. The molecule has 0 amide bonds. The van der Waals surface area contributed by atoms with E-state index in [-0.39, 0.29) is 0 Å². The Labute approximate surface area is 105 Å². The highest BCUT2D eigenvalue weighted by Gasteiger charge is 2.30. The van der Waals surface area contributed by atoms with Crippen LogP contribution in [0.25, 0.3) is 0 Å². The van der Waals surface area contributed by atoms with Crippen molar-refractivity contribution in [2.24, 2.45) is 0 Å². The largest absolute Gasteiger partial charge is 0.115 e. The topological polar surface area (TPSA) is 0 Å². The predicted octanol–water partition coefficient (Wildman–Crippen LogP) is 3.29. The summed E-state index contributed by atoms with van der Waals surface area (Å²) in [5, 5.41) is 3.10. The Morgan fingerprint density at radius 1 is 0.765 bits per heavy atom. The average molecular weight is 240 g/mol. The molecule has 0 fully saturated rings. The summed E-state index contributed by atoms with van der Waals surface area (Å²) in [6.07, 6.45) is 1.26. The van der Waals surface area contributed by atoms with Gasteiger partial charge in [0.15, 0.2) is 0 Å². The monoisotopic (exact) mass is 240 g/mol. The van der Waals surface area contributed by atoms with E-state index >= 15 is 0 Å². The van der Waals surface area contributed by atoms with Gasteiger partial charge >= 0.3 is 0 Å². The maximum atomic E-state index is 2.49. The summed E-state index contributed by atoms with van der Waals surface area (Å²) in [5.74, 6) is 0. The van der Waals surface area contributed by atoms with E-state index in [1.807, 2.05) is 0 Å². The zero-order valence-corrected chi connectivity index (χ0v) is 11.7. The molecule has 0 saturated carbocycles. The zero-order valence-electron chi connectivity index (χ0n) is 10.7. The highest BCUT2D eigenvalue weighted by Crippen LogP contribution is 2.13. The molecular formula is C16H20Si. The van der Waals surface area contributed by atoms with Gasteiger partial charge in [-0.1, -0.05) is 90.9 Å². The van der Waals surface area contributed by atoms with Crippen LogP contribution in [0.3, 0.4) is 0 Å². The van der Waals surface area contributed by atoms with Crippen LogP contribution in [0.5, 0.6) is 0 Å². The molecule has 0 unspecified atom stereocenters. The van der Waals surface area contributed by atoms with Crippen LogP contribution in [0.15, 0.2) is 60.7 Å². The van der Waals surface area contributed by atoms with Gasteiger partial charge in [-0.05, 0) is 6.04 Å². The van der Waals surface area contributed by atoms with Gasteiger partial charge < -0.3 is 0 Å². The molecule has 17 heavy (non-hydrogen) atoms. The Morgan fingerprint density at radius 2 is 1.18 bits per heavy atom. The van der Waals surface area contributed by atoms with Crippen molar-refractivity contribution in [2.45, 2.75) is 25.9 Å². The molecule has 0 bridgehead atoms. The normalized spacial score (nSPS) is 11.4. The molecule has 0 aliphatic carbocycles. The lowest BCUT2D eigenvalue weighted by molar-refractivity contribution is 1.06. The van der Waals surface area contributed by atoms with Crippen molar-refractivity contribution < 1.29 is 0 Å². The average Bonchev–Trinajstić information content (AvgIpc) is 2.41. The summed E-state index contributed by atoms with van der Waals surface area (Å²) in [6, 6.07) is 23.4. The van der Waals surface area contributed by atoms with Gasteiger partial charge in [0.2, 0.25) is 0 Å². The van der Waals surface area contributed by atoms with Crippen LogP contribution in [-0.4, -0.2) is 8.07 Å². The number of benzene rings is 2. The van der Waals surface area contributed by atoms with Crippen LogP contribution in [-0.2, 0) is 0 Å². The van der Waals surface area contributed by atoms with Gasteiger partial charge in [0.1, 0.15) is 8.07 Å². The summed E-state index contributed by atoms with van der Waals surface area (Å²) in [6.45, 7) is 4.78. The molecule has 88 valence electrons. The van der Waals surface area contributed by atoms with Gasteiger partial charge in [-0.2, -0.15) is 0 Å². The van der Waals surface area contributed by atoms with E-state index in [0.717, 1.165) is 0 Å². The molecule has 2 rings (SSSR count). The number of hydrogen-bond acceptors (Lipinski definition) is 0. The maximum absolute atomic E-state index is 2.49. The second kappa shape index (κ2) is 5.33. The first-order valence-corrected chi connectivity index (χ1v) is 9.09. The molecule has 1 heteroatoms. The van der Waals surface area contributed by atoms with Gasteiger partial charge in [-0.3, -0.25) is 0 Å². The third-order valence-electron chi connectivity index (χ3n) is 3.57. The van der Waals surface area contributed by atoms with Crippen molar-refractivity contribution in [3.8, 4) is 0 Å². The van der Waals surface area contributed by atoms with E-state index in [4.69, 9.17) is 0 Å². The van der Waals surface area contributed by atoms with Gasteiger partial charge in [0, 0.05) is 0 Å². The first kappa shape index (κ1) is 12.1. The van der Waals surface area contributed by atoms with E-state index in [2.05, 4.69) is 74.1 Å². The van der Waals surface area contributed by atoms with Crippen LogP contribution in [0.4, 0.5) is 0 Å². The zero-order chi connectivity index (χ0) is 12.1. The second-order valence-electron chi connectivity index (χ2n) is 4.81. The summed E-state index contributed by atoms with van der Waals surface area (Å²) in [5.41, 5.74) is 0. The van der Waals surface area contributed by atoms with Crippen molar-refractivity contribution >= 4 is 18.4 Å². The van der Waals surface area contributed by atoms with Crippen molar-refractivity contribution in [3.63, 3.8) is 0 Å². The van der Waals surface area contributed by atoms with Crippen molar-refractivity contribution in [1.82, 2.24) is 0 Å². The van der Waals surface area contributed by atoms with E-state index in [1.54, 1.807) is 10.4 Å². The first-order chi connectivity index (χ1) is 8.27. The smallest absolute Gasteiger partial charge is 0.0656 e. The Kier molecular flexibility index (Phi) is 3.80. The molecule has 2 aromatic rings. The van der Waals surface area contributed by atoms with E-state index in [9.17, 15) is 0 Å². The predicted molar refractivity (Wildman–Crippen MR) is 78.9 cm³/mol. The Morgan fingerprint density at radius 3 is 1.53 bits per heavy atom. The lowest BCUT2D eigenvalue weighted by atomic mass is 10.4. The minimum absolute atomic E-state index is 1.26. The lowest BCUT2D eigenvalue weighted by Crippen LogP contribution is -2.55. The molecule has 0 saturated heterocycles. The molecular weight excluding hydrogens is 220 g/mol. The highest BCUT2D eigenvalue weighted by atomic mass is 28.3. The van der Waals surface area contributed by atoms with Crippen LogP contribution in [0.1, 0.15) is 13.3 Å². The third-order valence-corrected chi connectivity index (χ3v) is 8.29. The van der Waals surface area contributed by atoms with Crippen molar-refractivity contribution in [2.75, 3.05) is 0 Å². The molecule has 0 aliphatic rings. The molecule has 0 nitrogen and oxygen atoms in total. The van der Waals surface area contributed by atoms with E-state index in [0.29, 0.717) is 0 Å². The molecule has 2 aromatic carbocycles. The summed E-state index contributed by atoms with van der Waals surface area (Å²) < 4.78 is 0. The lowest BCUT2D eigenvalue weighted by Gasteiger charge is -2.28. The van der Waals surface area contributed by atoms with Crippen LogP contribution in [0.2, 0.25) is 12.6 Å². The van der Waals surface area contributed by atoms with Crippen molar-refractivity contribution in [1.29, 1.82) is 0 Å².